The van der Waals surface area contributed by atoms with E-state index in [2.05, 4.69) is 160 Å². The standard InChI is InChI=1S/C45H32/c1-27-16-19-35-33(20-27)25-41(38-15-9-8-14-37(35)38)43-21-28(2)22-44-42(24-31-11-5-7-13-36(31)45(43)44)39-26-40-32(23-29(39)3)18-17-30-10-4-6-12-34(30)40/h4-26H,1-3H3. The van der Waals surface area contributed by atoms with Crippen molar-refractivity contribution in [3.8, 4) is 22.3 Å². The number of aryl methyl sites for hydroxylation is 3. The first-order valence-electron chi connectivity index (χ1n) is 15.8. The highest BCUT2D eigenvalue weighted by atomic mass is 14.2. The van der Waals surface area contributed by atoms with Gasteiger partial charge in [0.15, 0.2) is 0 Å². The molecule has 0 spiro atoms. The predicted octanol–water partition coefficient (Wildman–Crippen LogP) is 12.9. The maximum Gasteiger partial charge on any atom is -0.00202 e. The molecule has 0 aliphatic carbocycles. The molecule has 0 bridgehead atoms. The maximum absolute atomic E-state index is 2.44. The first kappa shape index (κ1) is 26.0. The summed E-state index contributed by atoms with van der Waals surface area (Å²) >= 11 is 0. The van der Waals surface area contributed by atoms with Crippen molar-refractivity contribution in [3.05, 3.63) is 156 Å². The third-order valence-corrected chi connectivity index (χ3v) is 9.79. The highest BCUT2D eigenvalue weighted by Crippen LogP contribution is 2.45. The van der Waals surface area contributed by atoms with Crippen LogP contribution in [0.2, 0.25) is 0 Å². The van der Waals surface area contributed by atoms with Crippen molar-refractivity contribution in [2.24, 2.45) is 0 Å². The molecule has 0 saturated carbocycles. The van der Waals surface area contributed by atoms with Crippen LogP contribution >= 0.6 is 0 Å². The summed E-state index contributed by atoms with van der Waals surface area (Å²) in [6.45, 7) is 6.70. The topological polar surface area (TPSA) is 0 Å². The third-order valence-electron chi connectivity index (χ3n) is 9.79. The molecule has 212 valence electrons. The maximum atomic E-state index is 2.44. The lowest BCUT2D eigenvalue weighted by molar-refractivity contribution is 1.48. The van der Waals surface area contributed by atoms with Crippen LogP contribution in [-0.4, -0.2) is 0 Å². The van der Waals surface area contributed by atoms with Gasteiger partial charge in [0.25, 0.3) is 0 Å². The zero-order valence-electron chi connectivity index (χ0n) is 25.8. The second-order valence-corrected chi connectivity index (χ2v) is 12.7. The monoisotopic (exact) mass is 572 g/mol. The summed E-state index contributed by atoms with van der Waals surface area (Å²) in [5, 5.41) is 15.6. The molecule has 0 heteroatoms. The molecular formula is C45H32. The molecule has 0 radical (unpaired) electrons. The van der Waals surface area contributed by atoms with E-state index in [1.165, 1.54) is 104 Å². The van der Waals surface area contributed by atoms with Crippen molar-refractivity contribution in [1.82, 2.24) is 0 Å². The summed E-state index contributed by atoms with van der Waals surface area (Å²) in [5.74, 6) is 0. The largest absolute Gasteiger partial charge is 0.0616 e. The molecule has 0 heterocycles. The first-order chi connectivity index (χ1) is 22.0. The zero-order chi connectivity index (χ0) is 30.2. The smallest absolute Gasteiger partial charge is 0.00202 e. The van der Waals surface area contributed by atoms with Crippen LogP contribution in [0.1, 0.15) is 16.7 Å². The van der Waals surface area contributed by atoms with Gasteiger partial charge in [-0.15, -0.1) is 0 Å². The number of hydrogen-bond acceptors (Lipinski definition) is 0. The lowest BCUT2D eigenvalue weighted by Crippen LogP contribution is -1.93. The van der Waals surface area contributed by atoms with Crippen molar-refractivity contribution in [3.63, 3.8) is 0 Å². The van der Waals surface area contributed by atoms with Gasteiger partial charge in [-0.25, -0.2) is 0 Å². The highest BCUT2D eigenvalue weighted by Gasteiger charge is 2.18. The van der Waals surface area contributed by atoms with Gasteiger partial charge in [-0.1, -0.05) is 127 Å². The molecule has 0 unspecified atom stereocenters. The van der Waals surface area contributed by atoms with Crippen molar-refractivity contribution in [1.29, 1.82) is 0 Å². The van der Waals surface area contributed by atoms with Crippen LogP contribution in [0.3, 0.4) is 0 Å². The fourth-order valence-electron chi connectivity index (χ4n) is 7.72. The molecule has 9 aromatic rings. The highest BCUT2D eigenvalue weighted by molar-refractivity contribution is 6.24. The molecule has 0 fully saturated rings. The van der Waals surface area contributed by atoms with E-state index >= 15 is 0 Å². The molecular weight excluding hydrogens is 540 g/mol. The van der Waals surface area contributed by atoms with Crippen LogP contribution < -0.4 is 0 Å². The van der Waals surface area contributed by atoms with E-state index in [0.717, 1.165) is 0 Å². The van der Waals surface area contributed by atoms with Gasteiger partial charge in [0.2, 0.25) is 0 Å². The molecule has 0 N–H and O–H groups in total. The Hall–Kier alpha value is -5.46. The summed E-state index contributed by atoms with van der Waals surface area (Å²) in [7, 11) is 0. The van der Waals surface area contributed by atoms with Crippen molar-refractivity contribution < 1.29 is 0 Å². The molecule has 0 nitrogen and oxygen atoms in total. The Morgan fingerprint density at radius 3 is 1.76 bits per heavy atom. The van der Waals surface area contributed by atoms with Crippen LogP contribution in [0, 0.1) is 20.8 Å². The summed E-state index contributed by atoms with van der Waals surface area (Å²) in [6.07, 6.45) is 0. The van der Waals surface area contributed by atoms with Gasteiger partial charge in [0, 0.05) is 0 Å². The Kier molecular flexibility index (Phi) is 5.64. The lowest BCUT2D eigenvalue weighted by Gasteiger charge is -2.19. The average molecular weight is 573 g/mol. The van der Waals surface area contributed by atoms with E-state index in [1.54, 1.807) is 0 Å². The minimum atomic E-state index is 1.27. The van der Waals surface area contributed by atoms with Gasteiger partial charge < -0.3 is 0 Å². The van der Waals surface area contributed by atoms with Crippen LogP contribution in [-0.2, 0) is 0 Å². The van der Waals surface area contributed by atoms with Crippen molar-refractivity contribution >= 4 is 64.6 Å². The molecule has 0 amide bonds. The van der Waals surface area contributed by atoms with Crippen molar-refractivity contribution in [2.45, 2.75) is 20.8 Å². The third kappa shape index (κ3) is 3.99. The minimum absolute atomic E-state index is 1.27. The minimum Gasteiger partial charge on any atom is -0.0616 e. The molecule has 0 atom stereocenters. The molecule has 0 aliphatic heterocycles. The number of benzene rings is 9. The van der Waals surface area contributed by atoms with Crippen LogP contribution in [0.5, 0.6) is 0 Å². The van der Waals surface area contributed by atoms with Crippen LogP contribution in [0.25, 0.3) is 86.9 Å². The fraction of sp³-hybridized carbons (Fsp3) is 0.0667. The van der Waals surface area contributed by atoms with E-state index in [-0.39, 0.29) is 0 Å². The van der Waals surface area contributed by atoms with E-state index in [1.807, 2.05) is 0 Å². The molecule has 0 aromatic heterocycles. The van der Waals surface area contributed by atoms with Crippen LogP contribution in [0.15, 0.2) is 140 Å². The van der Waals surface area contributed by atoms with Crippen molar-refractivity contribution in [2.75, 3.05) is 0 Å². The number of hydrogen-bond donors (Lipinski definition) is 0. The Balaban J connectivity index is 1.44. The Morgan fingerprint density at radius 2 is 0.911 bits per heavy atom. The van der Waals surface area contributed by atoms with Crippen LogP contribution in [0.4, 0.5) is 0 Å². The predicted molar refractivity (Wildman–Crippen MR) is 197 cm³/mol. The zero-order valence-corrected chi connectivity index (χ0v) is 25.8. The number of fused-ring (bicyclic) bond motifs is 9. The average Bonchev–Trinajstić information content (AvgIpc) is 3.06. The van der Waals surface area contributed by atoms with Gasteiger partial charge >= 0.3 is 0 Å². The second kappa shape index (κ2) is 9.78. The fourth-order valence-corrected chi connectivity index (χ4v) is 7.72. The van der Waals surface area contributed by atoms with E-state index in [4.69, 9.17) is 0 Å². The quantitative estimate of drug-likeness (QED) is 0.181. The second-order valence-electron chi connectivity index (χ2n) is 12.7. The first-order valence-corrected chi connectivity index (χ1v) is 15.8. The van der Waals surface area contributed by atoms with Gasteiger partial charge in [-0.2, -0.15) is 0 Å². The van der Waals surface area contributed by atoms with Gasteiger partial charge in [-0.05, 0) is 137 Å². The molecule has 0 saturated heterocycles. The Labute approximate surface area is 263 Å². The van der Waals surface area contributed by atoms with E-state index in [0.29, 0.717) is 0 Å². The van der Waals surface area contributed by atoms with E-state index in [9.17, 15) is 0 Å². The normalized spacial score (nSPS) is 11.9. The Morgan fingerprint density at radius 1 is 0.289 bits per heavy atom. The summed E-state index contributed by atoms with van der Waals surface area (Å²) in [6, 6.07) is 52.4. The Bertz CT molecular complexity index is 2670. The summed E-state index contributed by atoms with van der Waals surface area (Å²) < 4.78 is 0. The molecule has 9 rings (SSSR count). The lowest BCUT2D eigenvalue weighted by atomic mass is 9.84. The number of rotatable bonds is 2. The summed E-state index contributed by atoms with van der Waals surface area (Å²) in [4.78, 5) is 0. The molecule has 9 aromatic carbocycles. The van der Waals surface area contributed by atoms with Gasteiger partial charge in [-0.3, -0.25) is 0 Å². The summed E-state index contributed by atoms with van der Waals surface area (Å²) in [5.41, 5.74) is 9.03. The van der Waals surface area contributed by atoms with Gasteiger partial charge in [0.1, 0.15) is 0 Å². The van der Waals surface area contributed by atoms with Gasteiger partial charge in [0.05, 0.1) is 0 Å². The van der Waals surface area contributed by atoms with E-state index < -0.39 is 0 Å². The SMILES string of the molecule is Cc1ccc2c(c1)cc(-c1cc(C)cc3c(-c4cc5c(ccc6ccccc65)cc4C)cc4ccccc4c13)c1ccccc12. The molecule has 0 aliphatic rings. The molecule has 45 heavy (non-hydrogen) atoms.